The van der Waals surface area contributed by atoms with Crippen molar-refractivity contribution < 1.29 is 22.3 Å². The lowest BCUT2D eigenvalue weighted by Crippen LogP contribution is -2.34. The van der Waals surface area contributed by atoms with E-state index in [0.717, 1.165) is 67.9 Å². The van der Waals surface area contributed by atoms with Crippen LogP contribution in [0.1, 0.15) is 68.3 Å². The molecule has 0 spiro atoms. The first kappa shape index (κ1) is 29.1. The first-order valence-corrected chi connectivity index (χ1v) is 14.6. The lowest BCUT2D eigenvalue weighted by molar-refractivity contribution is 0.0989. The summed E-state index contributed by atoms with van der Waals surface area (Å²) in [7, 11) is -3.37. The molecule has 1 aromatic carbocycles. The molecule has 194 valence electrons. The highest BCUT2D eigenvalue weighted by Crippen LogP contribution is 2.24. The zero-order chi connectivity index (χ0) is 25.8. The molecule has 1 amide bonds. The van der Waals surface area contributed by atoms with E-state index in [1.807, 2.05) is 30.8 Å². The number of nitrogens with one attached hydrogen (secondary N) is 1. The van der Waals surface area contributed by atoms with E-state index >= 15 is 0 Å². The van der Waals surface area contributed by atoms with Crippen LogP contribution in [-0.4, -0.2) is 43.0 Å². The van der Waals surface area contributed by atoms with Crippen LogP contribution in [0.25, 0.3) is 0 Å². The van der Waals surface area contributed by atoms with Crippen molar-refractivity contribution in [2.24, 2.45) is 5.73 Å². The highest BCUT2D eigenvalue weighted by Gasteiger charge is 2.20. The smallest absolute Gasteiger partial charge is 0.254 e. The molecule has 35 heavy (non-hydrogen) atoms. The van der Waals surface area contributed by atoms with Gasteiger partial charge in [-0.1, -0.05) is 44.4 Å². The van der Waals surface area contributed by atoms with Crippen molar-refractivity contribution in [1.29, 1.82) is 0 Å². The van der Waals surface area contributed by atoms with Crippen molar-refractivity contribution in [3.63, 3.8) is 0 Å². The topological polar surface area (TPSA) is 111 Å². The van der Waals surface area contributed by atoms with Crippen LogP contribution in [0.4, 0.5) is 4.39 Å². The maximum absolute atomic E-state index is 13.0. The van der Waals surface area contributed by atoms with Gasteiger partial charge in [-0.05, 0) is 62.3 Å². The Kier molecular flexibility index (Phi) is 12.0. The number of carbonyl (C=O) groups is 1. The van der Waals surface area contributed by atoms with Gasteiger partial charge in [-0.3, -0.25) is 4.79 Å². The highest BCUT2D eigenvalue weighted by molar-refractivity contribution is 7.99. The van der Waals surface area contributed by atoms with Crippen LogP contribution in [0.15, 0.2) is 41.4 Å². The summed E-state index contributed by atoms with van der Waals surface area (Å²) in [6.45, 7) is 6.09. The van der Waals surface area contributed by atoms with E-state index in [9.17, 15) is 17.6 Å². The average molecular weight is 526 g/mol. The van der Waals surface area contributed by atoms with Crippen molar-refractivity contribution in [3.05, 3.63) is 53.5 Å². The largest absolute Gasteiger partial charge is 0.474 e. The molecule has 0 saturated carbocycles. The number of thioether (sulfide) groups is 1. The molecular weight excluding hydrogens is 489 g/mol. The quantitative estimate of drug-likeness (QED) is 0.459. The third-order valence-corrected chi connectivity index (χ3v) is 8.04. The third-order valence-electron chi connectivity index (χ3n) is 5.46. The fourth-order valence-electron chi connectivity index (χ4n) is 3.61. The normalized spacial score (nSPS) is 14.3. The minimum Gasteiger partial charge on any atom is -0.474 e. The monoisotopic (exact) mass is 525 g/mol. The molecule has 3 rings (SSSR count). The number of benzene rings is 1. The molecule has 1 fully saturated rings. The first-order chi connectivity index (χ1) is 16.7. The number of rotatable bonds is 10. The number of nitrogens with zero attached hydrogens (tertiary/aromatic N) is 1. The van der Waals surface area contributed by atoms with E-state index in [1.54, 1.807) is 12.1 Å². The number of hydrogen-bond donors (Lipinski definition) is 2. The zero-order valence-corrected chi connectivity index (χ0v) is 22.3. The number of hydrogen-bond acceptors (Lipinski definition) is 6. The maximum Gasteiger partial charge on any atom is 0.254 e. The van der Waals surface area contributed by atoms with E-state index in [0.29, 0.717) is 4.90 Å². The fourth-order valence-corrected chi connectivity index (χ4v) is 5.98. The second kappa shape index (κ2) is 14.4. The van der Waals surface area contributed by atoms with Crippen LogP contribution in [0.5, 0.6) is 5.88 Å². The van der Waals surface area contributed by atoms with Crippen molar-refractivity contribution in [2.75, 3.05) is 11.5 Å². The molecule has 2 aromatic rings. The molecule has 2 heterocycles. The molecule has 1 saturated heterocycles. The molecule has 1 aliphatic heterocycles. The van der Waals surface area contributed by atoms with Gasteiger partial charge in [-0.2, -0.15) is 11.8 Å². The summed E-state index contributed by atoms with van der Waals surface area (Å²) in [6, 6.07) is 8.07. The number of nitrogens with two attached hydrogens (primary N) is 1. The van der Waals surface area contributed by atoms with Gasteiger partial charge in [0.2, 0.25) is 15.9 Å². The Balaban J connectivity index is 0.000000247. The van der Waals surface area contributed by atoms with Crippen LogP contribution >= 0.6 is 11.8 Å². The van der Waals surface area contributed by atoms with Crippen molar-refractivity contribution in [1.82, 2.24) is 9.71 Å². The van der Waals surface area contributed by atoms with Crippen LogP contribution in [0.3, 0.4) is 0 Å². The average Bonchev–Trinajstić information content (AvgIpc) is 2.81. The van der Waals surface area contributed by atoms with Gasteiger partial charge in [0.25, 0.3) is 5.91 Å². The Hall–Kier alpha value is -2.17. The van der Waals surface area contributed by atoms with E-state index in [2.05, 4.69) is 23.6 Å². The summed E-state index contributed by atoms with van der Waals surface area (Å²) in [6.07, 6.45) is 6.62. The van der Waals surface area contributed by atoms with Gasteiger partial charge in [-0.15, -0.1) is 0 Å². The van der Waals surface area contributed by atoms with Gasteiger partial charge in [0.05, 0.1) is 11.1 Å². The van der Waals surface area contributed by atoms with E-state index < -0.39 is 21.7 Å². The number of pyridine rings is 1. The fraction of sp³-hybridized carbons (Fsp3) is 0.520. The first-order valence-electron chi connectivity index (χ1n) is 11.9. The van der Waals surface area contributed by atoms with Crippen molar-refractivity contribution >= 4 is 27.7 Å². The maximum atomic E-state index is 13.0. The Bertz CT molecular complexity index is 1040. The Morgan fingerprint density at radius 3 is 2.34 bits per heavy atom. The second-order valence-corrected chi connectivity index (χ2v) is 11.4. The summed E-state index contributed by atoms with van der Waals surface area (Å²) in [5.41, 5.74) is 6.22. The van der Waals surface area contributed by atoms with Gasteiger partial charge < -0.3 is 10.5 Å². The van der Waals surface area contributed by atoms with Crippen molar-refractivity contribution in [2.45, 2.75) is 76.3 Å². The molecule has 1 aliphatic rings. The molecule has 0 bridgehead atoms. The van der Waals surface area contributed by atoms with Gasteiger partial charge >= 0.3 is 0 Å². The van der Waals surface area contributed by atoms with Crippen LogP contribution in [-0.2, 0) is 10.0 Å². The number of halogens is 1. The van der Waals surface area contributed by atoms with Gasteiger partial charge in [0, 0.05) is 6.04 Å². The van der Waals surface area contributed by atoms with Crippen molar-refractivity contribution in [3.8, 4) is 5.88 Å². The number of ether oxygens (including phenoxy) is 1. The van der Waals surface area contributed by atoms with Crippen LogP contribution in [0.2, 0.25) is 0 Å². The SMILES string of the molecule is CCCC(CCC)NS(=O)(=O)c1ccc(C)cc1.NC(=O)c1cc(F)cnc1OC1CCSCC1. The Morgan fingerprint density at radius 1 is 1.20 bits per heavy atom. The predicted octanol–water partition coefficient (Wildman–Crippen LogP) is 4.84. The molecule has 0 radical (unpaired) electrons. The molecule has 3 N–H and O–H groups in total. The number of amides is 1. The molecular formula is C25H36FN3O4S2. The number of aryl methyl sites for hydroxylation is 1. The lowest BCUT2D eigenvalue weighted by atomic mass is 10.1. The summed E-state index contributed by atoms with van der Waals surface area (Å²) in [4.78, 5) is 15.3. The lowest BCUT2D eigenvalue weighted by Gasteiger charge is -2.22. The van der Waals surface area contributed by atoms with Gasteiger partial charge in [0.1, 0.15) is 17.5 Å². The minimum atomic E-state index is -3.37. The highest BCUT2D eigenvalue weighted by atomic mass is 32.2. The van der Waals surface area contributed by atoms with Gasteiger partial charge in [-0.25, -0.2) is 22.5 Å². The molecule has 0 aliphatic carbocycles. The summed E-state index contributed by atoms with van der Waals surface area (Å²) >= 11 is 1.87. The number of sulfonamides is 1. The van der Waals surface area contributed by atoms with E-state index in [-0.39, 0.29) is 23.6 Å². The number of carbonyl (C=O) groups excluding carboxylic acids is 1. The van der Waals surface area contributed by atoms with Crippen LogP contribution < -0.4 is 15.2 Å². The molecule has 0 unspecified atom stereocenters. The third kappa shape index (κ3) is 9.77. The summed E-state index contributed by atoms with van der Waals surface area (Å²) < 4.78 is 45.8. The molecule has 10 heteroatoms. The van der Waals surface area contributed by atoms with Gasteiger partial charge in [0.15, 0.2) is 0 Å². The zero-order valence-electron chi connectivity index (χ0n) is 20.6. The summed E-state index contributed by atoms with van der Waals surface area (Å²) in [5.74, 6) is 0.869. The number of primary amides is 1. The van der Waals surface area contributed by atoms with Crippen LogP contribution in [0, 0.1) is 12.7 Å². The predicted molar refractivity (Wildman–Crippen MR) is 139 cm³/mol. The molecule has 1 aromatic heterocycles. The Morgan fingerprint density at radius 2 is 1.80 bits per heavy atom. The molecule has 0 atom stereocenters. The number of aromatic nitrogens is 1. The second-order valence-electron chi connectivity index (χ2n) is 8.51. The standard InChI is InChI=1S/C14H23NO2S.C11H13FN2O2S/c1-4-6-13(7-5-2)15-18(16,17)14-10-8-12(3)9-11-14;12-7-5-9(10(13)15)11(14-6-7)16-8-1-3-17-4-2-8/h8-11,13,15H,4-7H2,1-3H3;5-6,8H,1-4H2,(H2,13,15). The summed E-state index contributed by atoms with van der Waals surface area (Å²) in [5, 5.41) is 0. The molecule has 7 nitrogen and oxygen atoms in total. The Labute approximate surface area is 212 Å². The van der Waals surface area contributed by atoms with E-state index in [1.165, 1.54) is 0 Å². The van der Waals surface area contributed by atoms with E-state index in [4.69, 9.17) is 10.5 Å². The minimum absolute atomic E-state index is 0.00299.